The molecule has 0 aliphatic carbocycles. The SMILES string of the molecule is COCCn1c(SCc2cc(OC)cc(OC)c2)nc2c(c1=O)SC(C)C2. The third kappa shape index (κ3) is 4.62. The first-order chi connectivity index (χ1) is 13.0. The fourth-order valence-electron chi connectivity index (χ4n) is 2.92. The van der Waals surface area contributed by atoms with Crippen LogP contribution >= 0.6 is 23.5 Å². The van der Waals surface area contributed by atoms with Crippen molar-refractivity contribution in [1.29, 1.82) is 0 Å². The van der Waals surface area contributed by atoms with Gasteiger partial charge in [-0.15, -0.1) is 11.8 Å². The smallest absolute Gasteiger partial charge is 0.268 e. The molecule has 0 fully saturated rings. The van der Waals surface area contributed by atoms with Crippen LogP contribution in [0.4, 0.5) is 0 Å². The van der Waals surface area contributed by atoms with Gasteiger partial charge in [0.05, 0.1) is 38.0 Å². The Hall–Kier alpha value is -1.64. The van der Waals surface area contributed by atoms with E-state index in [0.717, 1.165) is 39.2 Å². The van der Waals surface area contributed by atoms with Crippen molar-refractivity contribution < 1.29 is 14.2 Å². The maximum absolute atomic E-state index is 12.9. The first-order valence-corrected chi connectivity index (χ1v) is 10.6. The van der Waals surface area contributed by atoms with Crippen LogP contribution in [0.2, 0.25) is 0 Å². The Balaban J connectivity index is 1.89. The molecule has 8 heteroatoms. The third-order valence-electron chi connectivity index (χ3n) is 4.26. The van der Waals surface area contributed by atoms with Crippen molar-refractivity contribution in [3.05, 3.63) is 39.8 Å². The van der Waals surface area contributed by atoms with E-state index in [-0.39, 0.29) is 5.56 Å². The lowest BCUT2D eigenvalue weighted by molar-refractivity contribution is 0.182. The predicted octanol–water partition coefficient (Wildman–Crippen LogP) is 3.24. The molecule has 2 heterocycles. The van der Waals surface area contributed by atoms with Crippen LogP contribution < -0.4 is 15.0 Å². The molecule has 0 N–H and O–H groups in total. The van der Waals surface area contributed by atoms with Gasteiger partial charge in [0, 0.05) is 30.6 Å². The van der Waals surface area contributed by atoms with E-state index in [1.165, 1.54) is 0 Å². The first-order valence-electron chi connectivity index (χ1n) is 8.69. The van der Waals surface area contributed by atoms with Crippen LogP contribution in [0, 0.1) is 0 Å². The molecule has 1 atom stereocenters. The normalized spacial score (nSPS) is 15.6. The number of rotatable bonds is 8. The van der Waals surface area contributed by atoms with Crippen LogP contribution in [0.5, 0.6) is 11.5 Å². The molecule has 1 aromatic heterocycles. The van der Waals surface area contributed by atoms with Crippen LogP contribution in [0.3, 0.4) is 0 Å². The number of benzene rings is 1. The number of hydrogen-bond donors (Lipinski definition) is 0. The topological polar surface area (TPSA) is 62.6 Å². The van der Waals surface area contributed by atoms with Gasteiger partial charge in [0.15, 0.2) is 5.16 Å². The summed E-state index contributed by atoms with van der Waals surface area (Å²) in [6.45, 7) is 3.09. The zero-order valence-corrected chi connectivity index (χ0v) is 17.6. The van der Waals surface area contributed by atoms with Crippen molar-refractivity contribution in [3.8, 4) is 11.5 Å². The molecule has 146 valence electrons. The second kappa shape index (κ2) is 9.03. The Morgan fingerprint density at radius 2 is 1.93 bits per heavy atom. The van der Waals surface area contributed by atoms with Crippen LogP contribution in [-0.2, 0) is 23.5 Å². The molecule has 27 heavy (non-hydrogen) atoms. The minimum Gasteiger partial charge on any atom is -0.497 e. The molecule has 0 saturated heterocycles. The van der Waals surface area contributed by atoms with E-state index < -0.39 is 0 Å². The summed E-state index contributed by atoms with van der Waals surface area (Å²) in [5.41, 5.74) is 2.00. The summed E-state index contributed by atoms with van der Waals surface area (Å²) in [5.74, 6) is 2.15. The summed E-state index contributed by atoms with van der Waals surface area (Å²) in [6.07, 6.45) is 0.834. The third-order valence-corrected chi connectivity index (χ3v) is 6.52. The second-order valence-electron chi connectivity index (χ2n) is 6.26. The largest absolute Gasteiger partial charge is 0.497 e. The van der Waals surface area contributed by atoms with Crippen molar-refractivity contribution >= 4 is 23.5 Å². The molecule has 0 spiro atoms. The molecule has 0 saturated carbocycles. The standard InChI is InChI=1S/C19H24N2O4S2/c1-12-7-16-17(27-12)18(22)21(5-6-23-2)19(20-16)26-11-13-8-14(24-3)10-15(9-13)25-4/h8-10,12H,5-7,11H2,1-4H3. The highest BCUT2D eigenvalue weighted by Crippen LogP contribution is 2.35. The summed E-state index contributed by atoms with van der Waals surface area (Å²) in [4.78, 5) is 18.5. The number of thioether (sulfide) groups is 2. The molecule has 1 aliphatic heterocycles. The maximum Gasteiger partial charge on any atom is 0.268 e. The highest BCUT2D eigenvalue weighted by atomic mass is 32.2. The zero-order chi connectivity index (χ0) is 19.4. The highest BCUT2D eigenvalue weighted by Gasteiger charge is 2.26. The molecule has 1 unspecified atom stereocenters. The molecule has 0 bridgehead atoms. The summed E-state index contributed by atoms with van der Waals surface area (Å²) in [5, 5.41) is 1.12. The quantitative estimate of drug-likeness (QED) is 0.491. The molecule has 1 aromatic carbocycles. The van der Waals surface area contributed by atoms with Crippen LogP contribution in [0.1, 0.15) is 18.2 Å². The number of hydrogen-bond acceptors (Lipinski definition) is 7. The number of methoxy groups -OCH3 is 3. The Bertz CT molecular complexity index is 847. The van der Waals surface area contributed by atoms with Crippen LogP contribution in [-0.4, -0.2) is 42.7 Å². The minimum absolute atomic E-state index is 0.0390. The van der Waals surface area contributed by atoms with E-state index in [0.29, 0.717) is 24.2 Å². The van der Waals surface area contributed by atoms with Crippen LogP contribution in [0.25, 0.3) is 0 Å². The van der Waals surface area contributed by atoms with Gasteiger partial charge in [-0.3, -0.25) is 9.36 Å². The van der Waals surface area contributed by atoms with Crippen molar-refractivity contribution in [3.63, 3.8) is 0 Å². The van der Waals surface area contributed by atoms with Gasteiger partial charge in [-0.05, 0) is 17.7 Å². The predicted molar refractivity (Wildman–Crippen MR) is 109 cm³/mol. The number of aromatic nitrogens is 2. The Morgan fingerprint density at radius 1 is 1.22 bits per heavy atom. The molecule has 1 aliphatic rings. The summed E-state index contributed by atoms with van der Waals surface area (Å²) in [6, 6.07) is 5.78. The minimum atomic E-state index is 0.0390. The summed E-state index contributed by atoms with van der Waals surface area (Å²) in [7, 11) is 4.90. The second-order valence-corrected chi connectivity index (χ2v) is 8.65. The molecular formula is C19H24N2O4S2. The van der Waals surface area contributed by atoms with Gasteiger partial charge in [0.2, 0.25) is 0 Å². The van der Waals surface area contributed by atoms with E-state index >= 15 is 0 Å². The zero-order valence-electron chi connectivity index (χ0n) is 16.0. The highest BCUT2D eigenvalue weighted by molar-refractivity contribution is 8.00. The van der Waals surface area contributed by atoms with E-state index in [1.54, 1.807) is 49.4 Å². The van der Waals surface area contributed by atoms with Gasteiger partial charge in [0.1, 0.15) is 11.5 Å². The summed E-state index contributed by atoms with van der Waals surface area (Å²) >= 11 is 3.17. The van der Waals surface area contributed by atoms with Gasteiger partial charge in [-0.1, -0.05) is 18.7 Å². The lowest BCUT2D eigenvalue weighted by Crippen LogP contribution is -2.27. The van der Waals surface area contributed by atoms with Crippen molar-refractivity contribution in [2.45, 2.75) is 40.9 Å². The molecule has 0 amide bonds. The Kier molecular flexibility index (Phi) is 6.73. The Labute approximate surface area is 167 Å². The molecule has 0 radical (unpaired) electrons. The monoisotopic (exact) mass is 408 g/mol. The molecule has 2 aromatic rings. The lowest BCUT2D eigenvalue weighted by Gasteiger charge is -2.14. The van der Waals surface area contributed by atoms with Crippen molar-refractivity contribution in [2.75, 3.05) is 27.9 Å². The van der Waals surface area contributed by atoms with E-state index in [1.807, 2.05) is 18.2 Å². The van der Waals surface area contributed by atoms with Crippen molar-refractivity contribution in [1.82, 2.24) is 9.55 Å². The number of fused-ring (bicyclic) bond motifs is 1. The molecular weight excluding hydrogens is 384 g/mol. The average Bonchev–Trinajstić information content (AvgIpc) is 3.06. The van der Waals surface area contributed by atoms with Gasteiger partial charge >= 0.3 is 0 Å². The molecule has 6 nitrogen and oxygen atoms in total. The summed E-state index contributed by atoms with van der Waals surface area (Å²) < 4.78 is 17.6. The fraction of sp³-hybridized carbons (Fsp3) is 0.474. The maximum atomic E-state index is 12.9. The van der Waals surface area contributed by atoms with Crippen LogP contribution in [0.15, 0.2) is 33.0 Å². The van der Waals surface area contributed by atoms with Gasteiger partial charge in [-0.25, -0.2) is 4.98 Å². The fourth-order valence-corrected chi connectivity index (χ4v) is 5.01. The van der Waals surface area contributed by atoms with E-state index in [9.17, 15) is 4.79 Å². The van der Waals surface area contributed by atoms with Gasteiger partial charge < -0.3 is 14.2 Å². The number of nitrogens with zero attached hydrogens (tertiary/aromatic N) is 2. The first kappa shape index (κ1) is 20.1. The number of ether oxygens (including phenoxy) is 3. The molecule has 3 rings (SSSR count). The van der Waals surface area contributed by atoms with Gasteiger partial charge in [0.25, 0.3) is 5.56 Å². The van der Waals surface area contributed by atoms with Crippen molar-refractivity contribution in [2.24, 2.45) is 0 Å². The average molecular weight is 409 g/mol. The van der Waals surface area contributed by atoms with E-state index in [4.69, 9.17) is 19.2 Å². The Morgan fingerprint density at radius 3 is 2.56 bits per heavy atom. The lowest BCUT2D eigenvalue weighted by atomic mass is 10.2. The van der Waals surface area contributed by atoms with Gasteiger partial charge in [-0.2, -0.15) is 0 Å². The van der Waals surface area contributed by atoms with E-state index in [2.05, 4.69) is 6.92 Å².